The third-order valence-electron chi connectivity index (χ3n) is 3.94. The lowest BCUT2D eigenvalue weighted by Gasteiger charge is -2.12. The van der Waals surface area contributed by atoms with Gasteiger partial charge < -0.3 is 15.4 Å². The summed E-state index contributed by atoms with van der Waals surface area (Å²) in [5, 5.41) is 7.41. The quantitative estimate of drug-likeness (QED) is 0.250. The summed E-state index contributed by atoms with van der Waals surface area (Å²) in [4.78, 5) is 11.9. The van der Waals surface area contributed by atoms with Gasteiger partial charge in [-0.3, -0.25) is 9.98 Å². The highest BCUT2D eigenvalue weighted by Gasteiger charge is 2.33. The molecular weight excluding hydrogens is 542 g/mol. The highest BCUT2D eigenvalue weighted by Crippen LogP contribution is 2.29. The Morgan fingerprint density at radius 3 is 2.61 bits per heavy atom. The molecular formula is C20H21F3IN5OS. The number of guanidine groups is 1. The van der Waals surface area contributed by atoms with Crippen LogP contribution in [0.1, 0.15) is 22.0 Å². The molecule has 0 fully saturated rings. The Balaban J connectivity index is 0.00000341. The van der Waals surface area contributed by atoms with E-state index in [2.05, 4.69) is 25.6 Å². The molecule has 0 spiro atoms. The number of thiazole rings is 1. The summed E-state index contributed by atoms with van der Waals surface area (Å²) in [6.45, 7) is 0.981. The maximum absolute atomic E-state index is 12.6. The molecule has 0 saturated heterocycles. The molecule has 0 atom stereocenters. The molecule has 0 saturated carbocycles. The van der Waals surface area contributed by atoms with Crippen molar-refractivity contribution in [1.82, 2.24) is 20.6 Å². The Kier molecular flexibility index (Phi) is 9.49. The Morgan fingerprint density at radius 1 is 1.13 bits per heavy atom. The third kappa shape index (κ3) is 7.98. The first-order valence-electron chi connectivity index (χ1n) is 9.02. The van der Waals surface area contributed by atoms with Gasteiger partial charge in [0.15, 0.2) is 11.7 Å². The molecule has 0 radical (unpaired) electrons. The van der Waals surface area contributed by atoms with Gasteiger partial charge in [0.2, 0.25) is 0 Å². The number of ether oxygens (including phenoxy) is 1. The lowest BCUT2D eigenvalue weighted by atomic mass is 10.2. The Morgan fingerprint density at radius 2 is 1.94 bits per heavy atom. The number of rotatable bonds is 7. The molecule has 0 unspecified atom stereocenters. The second kappa shape index (κ2) is 11.8. The van der Waals surface area contributed by atoms with Crippen LogP contribution in [0.2, 0.25) is 0 Å². The number of nitrogens with zero attached hydrogens (tertiary/aromatic N) is 3. The van der Waals surface area contributed by atoms with E-state index in [1.165, 1.54) is 0 Å². The van der Waals surface area contributed by atoms with Crippen LogP contribution in [-0.4, -0.2) is 23.0 Å². The predicted octanol–water partition coefficient (Wildman–Crippen LogP) is 4.62. The van der Waals surface area contributed by atoms with Crippen LogP contribution < -0.4 is 15.4 Å². The number of nitrogens with one attached hydrogen (secondary N) is 2. The van der Waals surface area contributed by atoms with Crippen molar-refractivity contribution in [3.05, 3.63) is 76.0 Å². The molecule has 0 bridgehead atoms. The van der Waals surface area contributed by atoms with E-state index in [-0.39, 0.29) is 30.5 Å². The molecule has 3 rings (SSSR count). The van der Waals surface area contributed by atoms with Crippen LogP contribution in [-0.2, 0) is 25.9 Å². The second-order valence-electron chi connectivity index (χ2n) is 6.16. The normalized spacial score (nSPS) is 11.5. The Labute approximate surface area is 199 Å². The van der Waals surface area contributed by atoms with Crippen LogP contribution in [0.3, 0.4) is 0 Å². The molecule has 3 aromatic rings. The fraction of sp³-hybridized carbons (Fsp3) is 0.250. The maximum atomic E-state index is 12.6. The van der Waals surface area contributed by atoms with Gasteiger partial charge in [-0.25, -0.2) is 4.98 Å². The van der Waals surface area contributed by atoms with Gasteiger partial charge in [0, 0.05) is 25.2 Å². The first-order valence-corrected chi connectivity index (χ1v) is 9.90. The minimum absolute atomic E-state index is 0. The van der Waals surface area contributed by atoms with E-state index in [4.69, 9.17) is 4.74 Å². The molecule has 11 heteroatoms. The molecule has 2 aromatic heterocycles. The van der Waals surface area contributed by atoms with E-state index in [0.717, 1.165) is 28.0 Å². The van der Waals surface area contributed by atoms with Crippen LogP contribution in [0.5, 0.6) is 5.75 Å². The third-order valence-corrected chi connectivity index (χ3v) is 4.79. The van der Waals surface area contributed by atoms with Crippen molar-refractivity contribution in [2.45, 2.75) is 25.9 Å². The minimum Gasteiger partial charge on any atom is -0.487 e. The van der Waals surface area contributed by atoms with Crippen molar-refractivity contribution in [3.8, 4) is 5.75 Å². The van der Waals surface area contributed by atoms with Gasteiger partial charge >= 0.3 is 6.18 Å². The minimum atomic E-state index is -4.43. The topological polar surface area (TPSA) is 71.4 Å². The van der Waals surface area contributed by atoms with Crippen LogP contribution in [0.15, 0.2) is 59.0 Å². The molecule has 0 aliphatic heterocycles. The summed E-state index contributed by atoms with van der Waals surface area (Å²) >= 11 is 0.951. The van der Waals surface area contributed by atoms with E-state index >= 15 is 0 Å². The van der Waals surface area contributed by atoms with Gasteiger partial charge in [-0.05, 0) is 29.8 Å². The van der Waals surface area contributed by atoms with E-state index < -0.39 is 11.9 Å². The van der Waals surface area contributed by atoms with Gasteiger partial charge in [0.1, 0.15) is 17.4 Å². The molecule has 0 amide bonds. The zero-order chi connectivity index (χ0) is 21.4. The molecule has 2 heterocycles. The van der Waals surface area contributed by atoms with Crippen molar-refractivity contribution >= 4 is 41.3 Å². The summed E-state index contributed by atoms with van der Waals surface area (Å²) in [6.07, 6.45) is -2.72. The summed E-state index contributed by atoms with van der Waals surface area (Å²) in [6, 6.07) is 13.2. The van der Waals surface area contributed by atoms with Crippen molar-refractivity contribution in [2.75, 3.05) is 7.05 Å². The zero-order valence-electron chi connectivity index (χ0n) is 16.5. The lowest BCUT2D eigenvalue weighted by molar-refractivity contribution is -0.140. The maximum Gasteiger partial charge on any atom is 0.434 e. The predicted molar refractivity (Wildman–Crippen MR) is 125 cm³/mol. The fourth-order valence-corrected chi connectivity index (χ4v) is 3.21. The number of pyridine rings is 1. The summed E-state index contributed by atoms with van der Waals surface area (Å²) in [7, 11) is 1.59. The van der Waals surface area contributed by atoms with Crippen LogP contribution in [0.25, 0.3) is 0 Å². The smallest absolute Gasteiger partial charge is 0.434 e. The second-order valence-corrected chi connectivity index (χ2v) is 7.10. The number of halogens is 4. The number of hydrogen-bond donors (Lipinski definition) is 2. The molecule has 6 nitrogen and oxygen atoms in total. The lowest BCUT2D eigenvalue weighted by Crippen LogP contribution is -2.36. The molecule has 31 heavy (non-hydrogen) atoms. The van der Waals surface area contributed by atoms with Gasteiger partial charge in [-0.2, -0.15) is 13.2 Å². The molecule has 166 valence electrons. The van der Waals surface area contributed by atoms with Crippen molar-refractivity contribution in [2.24, 2.45) is 4.99 Å². The van der Waals surface area contributed by atoms with Crippen LogP contribution >= 0.6 is 35.3 Å². The average Bonchev–Trinajstić information content (AvgIpc) is 3.23. The highest BCUT2D eigenvalue weighted by atomic mass is 127. The van der Waals surface area contributed by atoms with E-state index in [9.17, 15) is 13.2 Å². The van der Waals surface area contributed by atoms with E-state index in [0.29, 0.717) is 29.9 Å². The fourth-order valence-electron chi connectivity index (χ4n) is 2.47. The first-order chi connectivity index (χ1) is 14.4. The number of alkyl halides is 3. The van der Waals surface area contributed by atoms with Gasteiger partial charge in [0.25, 0.3) is 0 Å². The SMILES string of the molecule is CN=C(NCc1cccc(OCc2ccccn2)c1)NCc1nc(C(F)(F)F)cs1.I. The van der Waals surface area contributed by atoms with Gasteiger partial charge in [-0.15, -0.1) is 35.3 Å². The first kappa shape index (κ1) is 24.9. The van der Waals surface area contributed by atoms with Crippen molar-refractivity contribution in [1.29, 1.82) is 0 Å². The number of aromatic nitrogens is 2. The molecule has 0 aliphatic carbocycles. The number of aliphatic imine (C=N–C) groups is 1. The largest absolute Gasteiger partial charge is 0.487 e. The highest BCUT2D eigenvalue weighted by molar-refractivity contribution is 14.0. The van der Waals surface area contributed by atoms with Crippen molar-refractivity contribution in [3.63, 3.8) is 0 Å². The van der Waals surface area contributed by atoms with Crippen molar-refractivity contribution < 1.29 is 17.9 Å². The Hall–Kier alpha value is -2.41. The molecule has 1 aromatic carbocycles. The Bertz CT molecular complexity index is 982. The zero-order valence-corrected chi connectivity index (χ0v) is 19.7. The van der Waals surface area contributed by atoms with Crippen LogP contribution in [0, 0.1) is 0 Å². The summed E-state index contributed by atoms with van der Waals surface area (Å²) in [5.41, 5.74) is 0.918. The van der Waals surface area contributed by atoms with E-state index in [1.54, 1.807) is 13.2 Å². The standard InChI is InChI=1S/C20H20F3N5OS.HI/c1-24-19(27-11-18-28-17(13-30-18)20(21,22)23)26-10-14-5-4-7-16(9-14)29-12-15-6-2-3-8-25-15;/h2-9,13H,10-12H2,1H3,(H2,24,26,27);1H. The number of hydrogen-bond acceptors (Lipinski definition) is 5. The summed E-state index contributed by atoms with van der Waals surface area (Å²) < 4.78 is 43.7. The van der Waals surface area contributed by atoms with Gasteiger partial charge in [0.05, 0.1) is 12.2 Å². The van der Waals surface area contributed by atoms with Gasteiger partial charge in [-0.1, -0.05) is 18.2 Å². The molecule has 2 N–H and O–H groups in total. The molecule has 0 aliphatic rings. The summed E-state index contributed by atoms with van der Waals surface area (Å²) in [5.74, 6) is 1.17. The van der Waals surface area contributed by atoms with E-state index in [1.807, 2.05) is 42.5 Å². The van der Waals surface area contributed by atoms with Crippen LogP contribution in [0.4, 0.5) is 13.2 Å². The average molecular weight is 563 g/mol. The monoisotopic (exact) mass is 563 g/mol. The number of benzene rings is 1.